The third-order valence-corrected chi connectivity index (χ3v) is 8.47. The van der Waals surface area contributed by atoms with Gasteiger partial charge in [-0.3, -0.25) is 9.59 Å². The number of amides is 2. The Hall–Kier alpha value is -4.64. The summed E-state index contributed by atoms with van der Waals surface area (Å²) in [5, 5.41) is 5.93. The molecule has 11 heteroatoms. The summed E-state index contributed by atoms with van der Waals surface area (Å²) in [7, 11) is 3.77. The molecule has 0 atom stereocenters. The molecule has 0 unspecified atom stereocenters. The molecule has 44 heavy (non-hydrogen) atoms. The molecule has 1 aliphatic heterocycles. The van der Waals surface area contributed by atoms with Gasteiger partial charge in [0.05, 0.1) is 18.0 Å². The summed E-state index contributed by atoms with van der Waals surface area (Å²) in [4.78, 5) is 36.9. The SMILES string of the molecule is COc1cc2ncnc(Oc3ccc(NC(=O)C4(C(=O)Nc5ccc(F)cc5)CC4)cc3F)c2cc1CC1CCN(C)CC1. The molecule has 2 heterocycles. The van der Waals surface area contributed by atoms with Crippen LogP contribution in [0.4, 0.5) is 20.2 Å². The Morgan fingerprint density at radius 2 is 1.61 bits per heavy atom. The highest BCUT2D eigenvalue weighted by Gasteiger charge is 2.56. The van der Waals surface area contributed by atoms with Crippen LogP contribution in [0.25, 0.3) is 10.9 Å². The zero-order chi connectivity index (χ0) is 30.8. The van der Waals surface area contributed by atoms with E-state index in [-0.39, 0.29) is 17.3 Å². The number of carbonyl (C=O) groups is 2. The second kappa shape index (κ2) is 12.2. The summed E-state index contributed by atoms with van der Waals surface area (Å²) in [6.07, 6.45) is 5.09. The van der Waals surface area contributed by atoms with Crippen molar-refractivity contribution in [3.8, 4) is 17.4 Å². The molecular weight excluding hydrogens is 568 g/mol. The van der Waals surface area contributed by atoms with E-state index in [1.54, 1.807) is 7.11 Å². The summed E-state index contributed by atoms with van der Waals surface area (Å²) < 4.78 is 40.1. The van der Waals surface area contributed by atoms with Gasteiger partial charge in [0, 0.05) is 23.5 Å². The molecular formula is C33H33F2N5O4. The van der Waals surface area contributed by atoms with E-state index < -0.39 is 28.9 Å². The molecule has 9 nitrogen and oxygen atoms in total. The number of likely N-dealkylation sites (tertiary alicyclic amines) is 1. The average molecular weight is 602 g/mol. The first-order valence-corrected chi connectivity index (χ1v) is 14.6. The molecule has 0 bridgehead atoms. The van der Waals surface area contributed by atoms with Gasteiger partial charge in [-0.25, -0.2) is 18.7 Å². The van der Waals surface area contributed by atoms with Crippen LogP contribution >= 0.6 is 0 Å². The number of benzene rings is 3. The fourth-order valence-corrected chi connectivity index (χ4v) is 5.60. The van der Waals surface area contributed by atoms with Gasteiger partial charge >= 0.3 is 0 Å². The monoisotopic (exact) mass is 601 g/mol. The second-order valence-electron chi connectivity index (χ2n) is 11.6. The molecule has 1 saturated carbocycles. The Labute approximate surface area is 253 Å². The highest BCUT2D eigenvalue weighted by molar-refractivity contribution is 6.16. The maximum absolute atomic E-state index is 15.3. The van der Waals surface area contributed by atoms with E-state index in [1.807, 2.05) is 12.1 Å². The molecule has 2 N–H and O–H groups in total. The van der Waals surface area contributed by atoms with E-state index in [1.165, 1.54) is 42.7 Å². The number of nitrogens with zero attached hydrogens (tertiary/aromatic N) is 3. The van der Waals surface area contributed by atoms with Crippen LogP contribution in [-0.4, -0.2) is 53.9 Å². The Balaban J connectivity index is 1.17. The van der Waals surface area contributed by atoms with Crippen molar-refractivity contribution in [1.29, 1.82) is 0 Å². The topological polar surface area (TPSA) is 106 Å². The molecule has 0 spiro atoms. The molecule has 1 aromatic heterocycles. The Morgan fingerprint density at radius 1 is 0.932 bits per heavy atom. The number of piperidine rings is 1. The minimum Gasteiger partial charge on any atom is -0.496 e. The molecule has 0 radical (unpaired) electrons. The van der Waals surface area contributed by atoms with Crippen molar-refractivity contribution >= 4 is 34.1 Å². The smallest absolute Gasteiger partial charge is 0.240 e. The number of nitrogens with one attached hydrogen (secondary N) is 2. The number of halogens is 2. The van der Waals surface area contributed by atoms with Crippen LogP contribution < -0.4 is 20.1 Å². The summed E-state index contributed by atoms with van der Waals surface area (Å²) in [6.45, 7) is 2.11. The van der Waals surface area contributed by atoms with E-state index in [2.05, 4.69) is 32.5 Å². The molecule has 4 aromatic rings. The van der Waals surface area contributed by atoms with Crippen LogP contribution in [0.1, 0.15) is 31.2 Å². The average Bonchev–Trinajstić information content (AvgIpc) is 3.83. The summed E-state index contributed by atoms with van der Waals surface area (Å²) >= 11 is 0. The number of ether oxygens (including phenoxy) is 2. The quantitative estimate of drug-likeness (QED) is 0.229. The van der Waals surface area contributed by atoms with E-state index in [0.29, 0.717) is 35.3 Å². The van der Waals surface area contributed by atoms with Crippen LogP contribution in [0.2, 0.25) is 0 Å². The van der Waals surface area contributed by atoms with Gasteiger partial charge < -0.3 is 25.0 Å². The zero-order valence-corrected chi connectivity index (χ0v) is 24.5. The lowest BCUT2D eigenvalue weighted by atomic mass is 9.89. The second-order valence-corrected chi connectivity index (χ2v) is 11.6. The van der Waals surface area contributed by atoms with E-state index >= 15 is 4.39 Å². The Kier molecular flexibility index (Phi) is 8.13. The van der Waals surface area contributed by atoms with Gasteiger partial charge in [0.15, 0.2) is 11.6 Å². The normalized spacial score (nSPS) is 16.4. The largest absolute Gasteiger partial charge is 0.496 e. The van der Waals surface area contributed by atoms with Crippen LogP contribution in [0.3, 0.4) is 0 Å². The number of hydrogen-bond donors (Lipinski definition) is 2. The van der Waals surface area contributed by atoms with Crippen LogP contribution in [0.15, 0.2) is 60.9 Å². The van der Waals surface area contributed by atoms with Gasteiger partial charge in [-0.1, -0.05) is 0 Å². The predicted molar refractivity (Wildman–Crippen MR) is 162 cm³/mol. The third kappa shape index (κ3) is 6.19. The standard InChI is InChI=1S/C33H33F2N5O4/c1-40-13-9-20(10-14-40)15-21-16-25-27(18-29(21)43-2)36-19-37-30(25)44-28-8-7-24(17-26(28)35)39-32(42)33(11-12-33)31(41)38-23-5-3-22(34)4-6-23/h3-8,16-20H,9-15H2,1-2H3,(H,38,41)(H,39,42). The summed E-state index contributed by atoms with van der Waals surface area (Å²) in [6, 6.07) is 13.1. The minimum atomic E-state index is -1.27. The van der Waals surface area contributed by atoms with Gasteiger partial charge in [-0.2, -0.15) is 0 Å². The first-order chi connectivity index (χ1) is 21.2. The Morgan fingerprint density at radius 3 is 2.27 bits per heavy atom. The first kappa shape index (κ1) is 29.4. The maximum atomic E-state index is 15.3. The molecule has 3 aromatic carbocycles. The van der Waals surface area contributed by atoms with E-state index in [9.17, 15) is 14.0 Å². The van der Waals surface area contributed by atoms with Crippen LogP contribution in [0, 0.1) is 23.0 Å². The lowest BCUT2D eigenvalue weighted by Gasteiger charge is -2.29. The molecule has 228 valence electrons. The van der Waals surface area contributed by atoms with Gasteiger partial charge in [-0.15, -0.1) is 0 Å². The van der Waals surface area contributed by atoms with Crippen molar-refractivity contribution < 1.29 is 27.8 Å². The number of hydrogen-bond acceptors (Lipinski definition) is 7. The van der Waals surface area contributed by atoms with Crippen molar-refractivity contribution in [1.82, 2.24) is 14.9 Å². The predicted octanol–water partition coefficient (Wildman–Crippen LogP) is 5.95. The lowest BCUT2D eigenvalue weighted by Crippen LogP contribution is -2.35. The number of aromatic nitrogens is 2. The fourth-order valence-electron chi connectivity index (χ4n) is 5.60. The number of fused-ring (bicyclic) bond motifs is 1. The van der Waals surface area contributed by atoms with E-state index in [4.69, 9.17) is 9.47 Å². The number of carbonyl (C=O) groups excluding carboxylic acids is 2. The third-order valence-electron chi connectivity index (χ3n) is 8.47. The van der Waals surface area contributed by atoms with Crippen molar-refractivity contribution in [3.63, 3.8) is 0 Å². The van der Waals surface area contributed by atoms with Crippen molar-refractivity contribution in [2.75, 3.05) is 37.9 Å². The minimum absolute atomic E-state index is 0.0779. The van der Waals surface area contributed by atoms with Crippen LogP contribution in [0.5, 0.6) is 17.4 Å². The van der Waals surface area contributed by atoms with Crippen molar-refractivity contribution in [2.45, 2.75) is 32.1 Å². The van der Waals surface area contributed by atoms with Gasteiger partial charge in [0.1, 0.15) is 23.3 Å². The molecule has 6 rings (SSSR count). The molecule has 2 fully saturated rings. The maximum Gasteiger partial charge on any atom is 0.240 e. The van der Waals surface area contributed by atoms with Gasteiger partial charge in [-0.05, 0) is 106 Å². The van der Waals surface area contributed by atoms with Crippen molar-refractivity contribution in [2.24, 2.45) is 11.3 Å². The first-order valence-electron chi connectivity index (χ1n) is 14.6. The fraction of sp³-hybridized carbons (Fsp3) is 0.333. The zero-order valence-electron chi connectivity index (χ0n) is 24.5. The van der Waals surface area contributed by atoms with Crippen LogP contribution in [-0.2, 0) is 16.0 Å². The molecule has 1 saturated heterocycles. The molecule has 1 aliphatic carbocycles. The van der Waals surface area contributed by atoms with E-state index in [0.717, 1.165) is 49.7 Å². The van der Waals surface area contributed by atoms with Gasteiger partial charge in [0.2, 0.25) is 17.7 Å². The highest BCUT2D eigenvalue weighted by Crippen LogP contribution is 2.47. The number of rotatable bonds is 9. The Bertz CT molecular complexity index is 1700. The molecule has 2 amide bonds. The highest BCUT2D eigenvalue weighted by atomic mass is 19.1. The lowest BCUT2D eigenvalue weighted by molar-refractivity contribution is -0.131. The number of methoxy groups -OCH3 is 1. The van der Waals surface area contributed by atoms with Gasteiger partial charge in [0.25, 0.3) is 0 Å². The summed E-state index contributed by atoms with van der Waals surface area (Å²) in [5.41, 5.74) is 0.917. The number of anilines is 2. The molecule has 2 aliphatic rings. The summed E-state index contributed by atoms with van der Waals surface area (Å²) in [5.74, 6) is -0.795. The van der Waals surface area contributed by atoms with Crippen molar-refractivity contribution in [3.05, 3.63) is 78.1 Å².